The maximum absolute atomic E-state index is 12.0. The van der Waals surface area contributed by atoms with Crippen molar-refractivity contribution in [3.05, 3.63) is 0 Å². The van der Waals surface area contributed by atoms with Gasteiger partial charge in [-0.25, -0.2) is 4.79 Å². The van der Waals surface area contributed by atoms with Crippen LogP contribution >= 0.6 is 0 Å². The number of amides is 1. The van der Waals surface area contributed by atoms with Crippen LogP contribution in [0.15, 0.2) is 0 Å². The van der Waals surface area contributed by atoms with Gasteiger partial charge in [-0.2, -0.15) is 22.0 Å². The Bertz CT molecular complexity index is 231. The molecule has 0 spiro atoms. The van der Waals surface area contributed by atoms with Gasteiger partial charge >= 0.3 is 18.2 Å². The molecule has 0 aromatic heterocycles. The number of hydrogen-bond donors (Lipinski definition) is 2. The number of alkyl halides is 5. The predicted octanol–water partition coefficient (Wildman–Crippen LogP) is 2.88. The molecule has 0 saturated heterocycles. The summed E-state index contributed by atoms with van der Waals surface area (Å²) >= 11 is 0. The molecule has 0 aromatic rings. The highest BCUT2D eigenvalue weighted by Crippen LogP contribution is 2.37. The van der Waals surface area contributed by atoms with Crippen molar-refractivity contribution in [2.24, 2.45) is 0 Å². The summed E-state index contributed by atoms with van der Waals surface area (Å²) in [5.41, 5.74) is 0. The fraction of sp³-hybridized carbons (Fsp3) is 0.889. The Hall–Kier alpha value is -1.12. The van der Waals surface area contributed by atoms with Gasteiger partial charge in [-0.1, -0.05) is 0 Å². The zero-order valence-corrected chi connectivity index (χ0v) is 9.98. The summed E-state index contributed by atoms with van der Waals surface area (Å²) in [6, 6.07) is 0. The van der Waals surface area contributed by atoms with Crippen molar-refractivity contribution >= 4 is 6.09 Å². The molecule has 1 amide bonds. The van der Waals surface area contributed by atoms with E-state index in [0.29, 0.717) is 0 Å². The molecule has 18 heavy (non-hydrogen) atoms. The zero-order chi connectivity index (χ0) is 14.8. The van der Waals surface area contributed by atoms with E-state index in [1.165, 1.54) is 5.32 Å². The van der Waals surface area contributed by atoms with Gasteiger partial charge in [-0.05, 0) is 13.8 Å². The van der Waals surface area contributed by atoms with Gasteiger partial charge in [0.2, 0.25) is 0 Å². The van der Waals surface area contributed by atoms with Crippen LogP contribution in [-0.2, 0) is 4.74 Å². The van der Waals surface area contributed by atoms with Gasteiger partial charge < -0.3 is 15.2 Å². The number of carbonyl (C=O) groups is 1. The first-order valence-corrected chi connectivity index (χ1v) is 5.07. The predicted molar refractivity (Wildman–Crippen MR) is 53.8 cm³/mol. The van der Waals surface area contributed by atoms with E-state index < -0.39 is 31.2 Å². The Morgan fingerprint density at radius 3 is 1.83 bits per heavy atom. The van der Waals surface area contributed by atoms with Gasteiger partial charge in [0, 0.05) is 26.2 Å². The van der Waals surface area contributed by atoms with Crippen molar-refractivity contribution in [1.29, 1.82) is 0 Å². The third-order valence-corrected chi connectivity index (χ3v) is 1.54. The summed E-state index contributed by atoms with van der Waals surface area (Å²) in [4.78, 5) is 9.70. The van der Waals surface area contributed by atoms with E-state index in [1.54, 1.807) is 0 Å². The Labute approximate surface area is 101 Å². The van der Waals surface area contributed by atoms with Crippen molar-refractivity contribution in [1.82, 2.24) is 5.32 Å². The fourth-order valence-electron chi connectivity index (χ4n) is 0.672. The quantitative estimate of drug-likeness (QED) is 0.762. The average Bonchev–Trinajstić information content (AvgIpc) is 2.17. The van der Waals surface area contributed by atoms with E-state index in [9.17, 15) is 26.7 Å². The van der Waals surface area contributed by atoms with Crippen LogP contribution in [0.4, 0.5) is 26.7 Å². The lowest BCUT2D eigenvalue weighted by atomic mass is 10.2. The van der Waals surface area contributed by atoms with Crippen LogP contribution in [0.5, 0.6) is 0 Å². The van der Waals surface area contributed by atoms with Crippen molar-refractivity contribution in [2.75, 3.05) is 19.8 Å². The zero-order valence-electron chi connectivity index (χ0n) is 9.98. The van der Waals surface area contributed by atoms with Crippen molar-refractivity contribution < 1.29 is 36.6 Å². The molecule has 0 heterocycles. The molecular weight excluding hydrogens is 265 g/mol. The average molecular weight is 281 g/mol. The first-order valence-electron chi connectivity index (χ1n) is 5.07. The molecule has 0 aromatic carbocycles. The molecule has 0 aliphatic rings. The van der Waals surface area contributed by atoms with E-state index in [0.717, 1.165) is 13.2 Å². The first kappa shape index (κ1) is 19.2. The van der Waals surface area contributed by atoms with Crippen molar-refractivity contribution in [3.63, 3.8) is 0 Å². The Morgan fingerprint density at radius 2 is 1.61 bits per heavy atom. The van der Waals surface area contributed by atoms with Gasteiger partial charge in [-0.15, -0.1) is 0 Å². The fourth-order valence-corrected chi connectivity index (χ4v) is 0.672. The number of carboxylic acid groups (broad SMARTS) is 1. The first-order chi connectivity index (χ1) is 8.08. The SMILES string of the molecule is CCOCC.O=C(O)NCCC(F)(F)C(F)(F)F. The molecule has 0 bridgehead atoms. The third kappa shape index (κ3) is 10.1. The van der Waals surface area contributed by atoms with Gasteiger partial charge in [-0.3, -0.25) is 0 Å². The normalized spacial score (nSPS) is 11.5. The highest BCUT2D eigenvalue weighted by atomic mass is 19.4. The molecule has 2 N–H and O–H groups in total. The van der Waals surface area contributed by atoms with Gasteiger partial charge in [0.05, 0.1) is 0 Å². The van der Waals surface area contributed by atoms with E-state index in [4.69, 9.17) is 9.84 Å². The van der Waals surface area contributed by atoms with E-state index in [-0.39, 0.29) is 0 Å². The van der Waals surface area contributed by atoms with Crippen LogP contribution in [0.1, 0.15) is 20.3 Å². The summed E-state index contributed by atoms with van der Waals surface area (Å²) in [7, 11) is 0. The summed E-state index contributed by atoms with van der Waals surface area (Å²) in [5, 5.41) is 9.29. The minimum atomic E-state index is -5.63. The van der Waals surface area contributed by atoms with E-state index >= 15 is 0 Å². The Kier molecular flexibility index (Phi) is 9.50. The number of halogens is 5. The minimum Gasteiger partial charge on any atom is -0.465 e. The number of nitrogens with one attached hydrogen (secondary N) is 1. The summed E-state index contributed by atoms with van der Waals surface area (Å²) in [6.45, 7) is 4.72. The summed E-state index contributed by atoms with van der Waals surface area (Å²) < 4.78 is 63.2. The number of hydrogen-bond acceptors (Lipinski definition) is 2. The maximum atomic E-state index is 12.0. The lowest BCUT2D eigenvalue weighted by Gasteiger charge is -2.18. The van der Waals surface area contributed by atoms with Crippen LogP contribution in [0.3, 0.4) is 0 Å². The number of rotatable bonds is 5. The second-order valence-corrected chi connectivity index (χ2v) is 2.97. The molecule has 4 nitrogen and oxygen atoms in total. The highest BCUT2D eigenvalue weighted by Gasteiger charge is 2.56. The summed E-state index contributed by atoms with van der Waals surface area (Å²) in [6.07, 6.45) is -8.87. The third-order valence-electron chi connectivity index (χ3n) is 1.54. The lowest BCUT2D eigenvalue weighted by molar-refractivity contribution is -0.283. The molecule has 0 aliphatic carbocycles. The van der Waals surface area contributed by atoms with Crippen LogP contribution in [-0.4, -0.2) is 43.1 Å². The topological polar surface area (TPSA) is 58.6 Å². The molecule has 9 heteroatoms. The van der Waals surface area contributed by atoms with Gasteiger partial charge in [0.1, 0.15) is 0 Å². The highest BCUT2D eigenvalue weighted by molar-refractivity contribution is 5.64. The molecule has 0 saturated carbocycles. The van der Waals surface area contributed by atoms with E-state index in [1.807, 2.05) is 13.8 Å². The maximum Gasteiger partial charge on any atom is 0.453 e. The van der Waals surface area contributed by atoms with E-state index in [2.05, 4.69) is 0 Å². The van der Waals surface area contributed by atoms with Crippen LogP contribution in [0.25, 0.3) is 0 Å². The Balaban J connectivity index is 0. The molecule has 0 atom stereocenters. The van der Waals surface area contributed by atoms with Crippen molar-refractivity contribution in [3.8, 4) is 0 Å². The minimum absolute atomic E-state index is 0.844. The Morgan fingerprint density at radius 1 is 1.17 bits per heavy atom. The van der Waals surface area contributed by atoms with Crippen molar-refractivity contribution in [2.45, 2.75) is 32.4 Å². The monoisotopic (exact) mass is 281 g/mol. The largest absolute Gasteiger partial charge is 0.465 e. The molecule has 0 rings (SSSR count). The molecule has 0 radical (unpaired) electrons. The molecule has 0 aliphatic heterocycles. The van der Waals surface area contributed by atoms with Crippen LogP contribution in [0.2, 0.25) is 0 Å². The standard InChI is InChI=1S/C5H6F5NO2.C4H10O/c6-4(7,5(8,9)10)1-2-11-3(12)13;1-3-5-4-2/h11H,1-2H2,(H,12,13);3-4H2,1-2H3. The second-order valence-electron chi connectivity index (χ2n) is 2.97. The molecule has 0 unspecified atom stereocenters. The smallest absolute Gasteiger partial charge is 0.453 e. The lowest BCUT2D eigenvalue weighted by Crippen LogP contribution is -2.39. The van der Waals surface area contributed by atoms with Gasteiger partial charge in [0.25, 0.3) is 0 Å². The van der Waals surface area contributed by atoms with Crippen LogP contribution in [0, 0.1) is 0 Å². The second kappa shape index (κ2) is 8.90. The molecular formula is C9H16F5NO3. The molecule has 0 fully saturated rings. The number of ether oxygens (including phenoxy) is 1. The van der Waals surface area contributed by atoms with Crippen LogP contribution < -0.4 is 5.32 Å². The molecule has 110 valence electrons. The summed E-state index contributed by atoms with van der Waals surface area (Å²) in [5.74, 6) is -4.85. The van der Waals surface area contributed by atoms with Gasteiger partial charge in [0.15, 0.2) is 0 Å².